The number of ether oxygens (including phenoxy) is 3. The molecule has 2 aromatic carbocycles. The summed E-state index contributed by atoms with van der Waals surface area (Å²) in [7, 11) is 1.47. The Labute approximate surface area is 187 Å². The van der Waals surface area contributed by atoms with Gasteiger partial charge in [-0.25, -0.2) is 0 Å². The lowest BCUT2D eigenvalue weighted by Gasteiger charge is -2.05. The highest BCUT2D eigenvalue weighted by atomic mass is 35.5. The Hall–Kier alpha value is -3.29. The van der Waals surface area contributed by atoms with Gasteiger partial charge in [0.15, 0.2) is 5.76 Å². The number of aromatic nitrogens is 1. The van der Waals surface area contributed by atoms with Crippen molar-refractivity contribution in [3.63, 3.8) is 0 Å². The summed E-state index contributed by atoms with van der Waals surface area (Å²) < 4.78 is 21.0. The third-order valence-corrected chi connectivity index (χ3v) is 5.18. The van der Waals surface area contributed by atoms with E-state index >= 15 is 0 Å². The van der Waals surface area contributed by atoms with Crippen LogP contribution >= 0.6 is 23.2 Å². The smallest absolute Gasteiger partial charge is 0.311 e. The number of hydrogen-bond donors (Lipinski definition) is 0. The van der Waals surface area contributed by atoms with Crippen LogP contribution in [0.1, 0.15) is 28.1 Å². The molecule has 1 aromatic heterocycles. The average molecular weight is 460 g/mol. The van der Waals surface area contributed by atoms with E-state index < -0.39 is 5.97 Å². The molecular weight excluding hydrogens is 445 g/mol. The molecule has 0 amide bonds. The molecule has 0 bridgehead atoms. The van der Waals surface area contributed by atoms with Crippen LogP contribution in [0.4, 0.5) is 0 Å². The molecule has 0 saturated carbocycles. The topological polar surface area (TPSA) is 87.9 Å². The standard InChI is InChI=1S/C22H15Cl2NO6/c1-28-20-11-14(31-25-20)4-7-21(26)29-13-3-5-15-18(10-13)30-19(22(15)27)9-12-2-6-16(23)17(24)8-12/h2-3,5-6,8-11H,4,7H2,1H3/b19-9-. The Morgan fingerprint density at radius 2 is 1.97 bits per heavy atom. The summed E-state index contributed by atoms with van der Waals surface area (Å²) in [4.78, 5) is 24.7. The fraction of sp³-hybridized carbons (Fsp3) is 0.136. The largest absolute Gasteiger partial charge is 0.479 e. The number of benzene rings is 2. The van der Waals surface area contributed by atoms with E-state index in [1.54, 1.807) is 36.4 Å². The van der Waals surface area contributed by atoms with Gasteiger partial charge < -0.3 is 18.7 Å². The average Bonchev–Trinajstić information content (AvgIpc) is 3.33. The molecule has 0 spiro atoms. The van der Waals surface area contributed by atoms with E-state index in [4.69, 9.17) is 41.9 Å². The van der Waals surface area contributed by atoms with Gasteiger partial charge in [0.25, 0.3) is 5.88 Å². The van der Waals surface area contributed by atoms with Gasteiger partial charge in [-0.2, -0.15) is 0 Å². The highest BCUT2D eigenvalue weighted by molar-refractivity contribution is 6.42. The first kappa shape index (κ1) is 21.0. The number of Topliss-reactive ketones (excluding diaryl/α,β-unsaturated/α-hetero) is 1. The molecule has 7 nitrogen and oxygen atoms in total. The molecule has 4 rings (SSSR count). The first-order valence-corrected chi connectivity index (χ1v) is 9.92. The van der Waals surface area contributed by atoms with Gasteiger partial charge in [-0.1, -0.05) is 29.3 Å². The summed E-state index contributed by atoms with van der Waals surface area (Å²) in [5.74, 6) is 0.812. The first-order chi connectivity index (χ1) is 14.9. The Bertz CT molecular complexity index is 1200. The second kappa shape index (κ2) is 8.83. The highest BCUT2D eigenvalue weighted by Gasteiger charge is 2.28. The SMILES string of the molecule is COc1cc(CCC(=O)Oc2ccc3c(c2)O/C(=C\c2ccc(Cl)c(Cl)c2)C3=O)on1. The number of carbonyl (C=O) groups is 2. The number of hydrogen-bond acceptors (Lipinski definition) is 7. The summed E-state index contributed by atoms with van der Waals surface area (Å²) >= 11 is 11.9. The van der Waals surface area contributed by atoms with Crippen LogP contribution < -0.4 is 14.2 Å². The fourth-order valence-electron chi connectivity index (χ4n) is 2.90. The number of fused-ring (bicyclic) bond motifs is 1. The van der Waals surface area contributed by atoms with Crippen molar-refractivity contribution < 1.29 is 28.3 Å². The lowest BCUT2D eigenvalue weighted by Crippen LogP contribution is -2.08. The predicted molar refractivity (Wildman–Crippen MR) is 113 cm³/mol. The van der Waals surface area contributed by atoms with E-state index in [-0.39, 0.29) is 23.7 Å². The third kappa shape index (κ3) is 4.73. The van der Waals surface area contributed by atoms with Gasteiger partial charge in [-0.05, 0) is 41.1 Å². The summed E-state index contributed by atoms with van der Waals surface area (Å²) in [6, 6.07) is 11.2. The van der Waals surface area contributed by atoms with Crippen LogP contribution in [0.5, 0.6) is 17.4 Å². The highest BCUT2D eigenvalue weighted by Crippen LogP contribution is 2.35. The van der Waals surface area contributed by atoms with E-state index in [0.717, 1.165) is 0 Å². The van der Waals surface area contributed by atoms with Crippen LogP contribution in [-0.2, 0) is 11.2 Å². The van der Waals surface area contributed by atoms with Crippen molar-refractivity contribution in [2.75, 3.05) is 7.11 Å². The minimum atomic E-state index is -0.466. The predicted octanol–water partition coefficient (Wildman–Crippen LogP) is 5.14. The quantitative estimate of drug-likeness (QED) is 0.286. The van der Waals surface area contributed by atoms with Gasteiger partial charge >= 0.3 is 5.97 Å². The van der Waals surface area contributed by atoms with E-state index in [1.165, 1.54) is 19.2 Å². The van der Waals surface area contributed by atoms with E-state index in [9.17, 15) is 9.59 Å². The number of carbonyl (C=O) groups excluding carboxylic acids is 2. The van der Waals surface area contributed by atoms with Crippen LogP contribution in [0.3, 0.4) is 0 Å². The number of ketones is 1. The number of esters is 1. The Balaban J connectivity index is 1.42. The molecule has 0 aliphatic carbocycles. The molecular formula is C22H15Cl2NO6. The molecule has 3 aromatic rings. The summed E-state index contributed by atoms with van der Waals surface area (Å²) in [5.41, 5.74) is 1.04. The van der Waals surface area contributed by atoms with Crippen LogP contribution in [0.15, 0.2) is 52.7 Å². The molecule has 1 aliphatic rings. The molecule has 158 valence electrons. The van der Waals surface area contributed by atoms with Crippen molar-refractivity contribution >= 4 is 41.0 Å². The van der Waals surface area contributed by atoms with Crippen molar-refractivity contribution in [3.8, 4) is 17.4 Å². The Morgan fingerprint density at radius 3 is 2.71 bits per heavy atom. The van der Waals surface area contributed by atoms with Gasteiger partial charge in [-0.3, -0.25) is 9.59 Å². The van der Waals surface area contributed by atoms with Gasteiger partial charge in [0.2, 0.25) is 5.78 Å². The second-order valence-corrected chi connectivity index (χ2v) is 7.40. The van der Waals surface area contributed by atoms with Crippen LogP contribution in [0.25, 0.3) is 6.08 Å². The molecule has 0 atom stereocenters. The molecule has 0 N–H and O–H groups in total. The van der Waals surface area contributed by atoms with Crippen LogP contribution in [0, 0.1) is 0 Å². The fourth-order valence-corrected chi connectivity index (χ4v) is 3.21. The van der Waals surface area contributed by atoms with Crippen LogP contribution in [0.2, 0.25) is 10.0 Å². The van der Waals surface area contributed by atoms with Crippen molar-refractivity contribution in [1.29, 1.82) is 0 Å². The zero-order valence-corrected chi connectivity index (χ0v) is 17.7. The minimum absolute atomic E-state index is 0.0811. The Kier molecular flexibility index (Phi) is 5.97. The lowest BCUT2D eigenvalue weighted by molar-refractivity contribution is -0.134. The molecule has 0 unspecified atom stereocenters. The molecule has 0 fully saturated rings. The summed E-state index contributed by atoms with van der Waals surface area (Å²) in [6.07, 6.45) is 1.96. The normalized spacial score (nSPS) is 13.8. The number of methoxy groups -OCH3 is 1. The monoisotopic (exact) mass is 459 g/mol. The van der Waals surface area contributed by atoms with Crippen molar-refractivity contribution in [2.45, 2.75) is 12.8 Å². The van der Waals surface area contributed by atoms with Gasteiger partial charge in [-0.15, -0.1) is 0 Å². The molecule has 31 heavy (non-hydrogen) atoms. The molecule has 1 aliphatic heterocycles. The zero-order valence-electron chi connectivity index (χ0n) is 16.2. The van der Waals surface area contributed by atoms with Gasteiger partial charge in [0.05, 0.1) is 29.1 Å². The molecule has 0 radical (unpaired) electrons. The number of halogens is 2. The maximum Gasteiger partial charge on any atom is 0.311 e. The number of rotatable bonds is 6. The van der Waals surface area contributed by atoms with E-state index in [0.29, 0.717) is 45.0 Å². The van der Waals surface area contributed by atoms with Crippen molar-refractivity contribution in [2.24, 2.45) is 0 Å². The Morgan fingerprint density at radius 1 is 1.13 bits per heavy atom. The van der Waals surface area contributed by atoms with Crippen LogP contribution in [-0.4, -0.2) is 24.0 Å². The molecule has 0 saturated heterocycles. The summed E-state index contributed by atoms with van der Waals surface area (Å²) in [5, 5.41) is 4.46. The van der Waals surface area contributed by atoms with E-state index in [1.807, 2.05) is 0 Å². The zero-order chi connectivity index (χ0) is 22.0. The third-order valence-electron chi connectivity index (χ3n) is 4.44. The van der Waals surface area contributed by atoms with Crippen molar-refractivity contribution in [1.82, 2.24) is 5.16 Å². The van der Waals surface area contributed by atoms with E-state index in [2.05, 4.69) is 5.16 Å². The maximum absolute atomic E-state index is 12.6. The van der Waals surface area contributed by atoms with Crippen molar-refractivity contribution in [3.05, 3.63) is 75.2 Å². The number of aryl methyl sites for hydroxylation is 1. The molecule has 2 heterocycles. The molecule has 9 heteroatoms. The second-order valence-electron chi connectivity index (χ2n) is 6.58. The number of nitrogens with zero attached hydrogens (tertiary/aromatic N) is 1. The maximum atomic E-state index is 12.6. The first-order valence-electron chi connectivity index (χ1n) is 9.16. The summed E-state index contributed by atoms with van der Waals surface area (Å²) in [6.45, 7) is 0. The lowest BCUT2D eigenvalue weighted by atomic mass is 10.1. The number of allylic oxidation sites excluding steroid dienone is 1. The minimum Gasteiger partial charge on any atom is -0.479 e. The van der Waals surface area contributed by atoms with Gasteiger partial charge in [0.1, 0.15) is 17.3 Å². The van der Waals surface area contributed by atoms with Gasteiger partial charge in [0, 0.05) is 18.6 Å².